The van der Waals surface area contributed by atoms with Gasteiger partial charge in [-0.2, -0.15) is 0 Å². The molecule has 1 aliphatic rings. The number of aromatic nitrogens is 1. The number of carbonyl (C=O) groups is 1. The quantitative estimate of drug-likeness (QED) is 0.789. The van der Waals surface area contributed by atoms with Crippen LogP contribution in [0.25, 0.3) is 0 Å². The maximum atomic E-state index is 13.5. The van der Waals surface area contributed by atoms with Gasteiger partial charge in [0.05, 0.1) is 0 Å². The van der Waals surface area contributed by atoms with Gasteiger partial charge in [-0.15, -0.1) is 0 Å². The lowest BCUT2D eigenvalue weighted by molar-refractivity contribution is 0.0984. The number of benzene rings is 1. The van der Waals surface area contributed by atoms with Crippen LogP contribution in [-0.4, -0.2) is 10.8 Å². The number of hydrogen-bond acceptors (Lipinski definition) is 2. The van der Waals surface area contributed by atoms with E-state index in [-0.39, 0.29) is 17.9 Å². The van der Waals surface area contributed by atoms with E-state index in [1.165, 1.54) is 35.9 Å². The van der Waals surface area contributed by atoms with Gasteiger partial charge in [-0.25, -0.2) is 4.39 Å². The van der Waals surface area contributed by atoms with Crippen LogP contribution in [0.1, 0.15) is 33.6 Å². The molecule has 0 radical (unpaired) electrons. The number of pyridine rings is 1. The fourth-order valence-electron chi connectivity index (χ4n) is 2.60. The van der Waals surface area contributed by atoms with Gasteiger partial charge in [0.2, 0.25) is 0 Å². The maximum Gasteiger partial charge on any atom is 0.188 e. The molecule has 0 bridgehead atoms. The molecule has 0 aliphatic heterocycles. The molecule has 0 amide bonds. The number of carbonyl (C=O) groups excluding carboxylic acids is 1. The molecule has 0 saturated heterocycles. The normalized spacial score (nSPS) is 13.3. The van der Waals surface area contributed by atoms with Crippen molar-refractivity contribution in [3.8, 4) is 0 Å². The van der Waals surface area contributed by atoms with E-state index in [4.69, 9.17) is 0 Å². The van der Waals surface area contributed by atoms with Gasteiger partial charge >= 0.3 is 0 Å². The highest BCUT2D eigenvalue weighted by Crippen LogP contribution is 2.23. The third-order valence-corrected chi connectivity index (χ3v) is 3.55. The van der Waals surface area contributed by atoms with Crippen molar-refractivity contribution in [1.29, 1.82) is 0 Å². The number of rotatable bonds is 3. The van der Waals surface area contributed by atoms with Crippen LogP contribution in [0.5, 0.6) is 0 Å². The smallest absolute Gasteiger partial charge is 0.188 e. The van der Waals surface area contributed by atoms with Gasteiger partial charge in [-0.3, -0.25) is 9.78 Å². The van der Waals surface area contributed by atoms with E-state index >= 15 is 0 Å². The van der Waals surface area contributed by atoms with Gasteiger partial charge in [-0.05, 0) is 48.1 Å². The van der Waals surface area contributed by atoms with Gasteiger partial charge in [0.25, 0.3) is 0 Å². The Bertz CT molecular complexity index is 636. The van der Waals surface area contributed by atoms with E-state index < -0.39 is 5.82 Å². The largest absolute Gasteiger partial charge is 0.292 e. The van der Waals surface area contributed by atoms with Crippen molar-refractivity contribution in [2.45, 2.75) is 25.7 Å². The van der Waals surface area contributed by atoms with Crippen LogP contribution >= 0.6 is 0 Å². The minimum Gasteiger partial charge on any atom is -0.292 e. The average molecular weight is 255 g/mol. The van der Waals surface area contributed by atoms with Crippen LogP contribution < -0.4 is 0 Å². The summed E-state index contributed by atoms with van der Waals surface area (Å²) >= 11 is 0. The van der Waals surface area contributed by atoms with E-state index in [0.717, 1.165) is 18.4 Å². The zero-order valence-electron chi connectivity index (χ0n) is 10.5. The Labute approximate surface area is 111 Å². The number of ketones is 1. The minimum atomic E-state index is -0.548. The highest BCUT2D eigenvalue weighted by Gasteiger charge is 2.15. The van der Waals surface area contributed by atoms with Crippen molar-refractivity contribution < 1.29 is 9.18 Å². The molecule has 1 aromatic heterocycles. The summed E-state index contributed by atoms with van der Waals surface area (Å²) in [5.41, 5.74) is 3.57. The third kappa shape index (κ3) is 2.41. The molecule has 0 fully saturated rings. The van der Waals surface area contributed by atoms with Gasteiger partial charge in [-0.1, -0.05) is 18.2 Å². The van der Waals surface area contributed by atoms with Gasteiger partial charge in [0, 0.05) is 12.6 Å². The summed E-state index contributed by atoms with van der Waals surface area (Å²) in [6.07, 6.45) is 5.04. The number of halogens is 1. The molecule has 0 atom stereocenters. The molecular weight excluding hydrogens is 241 g/mol. The molecule has 2 nitrogen and oxygen atoms in total. The fourth-order valence-corrected chi connectivity index (χ4v) is 2.60. The number of Topliss-reactive ketones (excluding diaryl/α,β-unsaturated/α-hetero) is 1. The number of aryl methyl sites for hydroxylation is 2. The molecule has 3 rings (SSSR count). The fraction of sp³-hybridized carbons (Fsp3) is 0.250. The first-order chi connectivity index (χ1) is 9.24. The summed E-state index contributed by atoms with van der Waals surface area (Å²) in [6.45, 7) is 0. The van der Waals surface area contributed by atoms with Crippen LogP contribution in [0.4, 0.5) is 4.39 Å². The molecule has 0 saturated carbocycles. The van der Waals surface area contributed by atoms with Crippen LogP contribution in [0.15, 0.2) is 36.5 Å². The first-order valence-corrected chi connectivity index (χ1v) is 6.48. The lowest BCUT2D eigenvalue weighted by Gasteiger charge is -2.05. The summed E-state index contributed by atoms with van der Waals surface area (Å²) in [6, 6.07) is 8.87. The number of fused-ring (bicyclic) bond motifs is 1. The first kappa shape index (κ1) is 12.0. The number of nitrogens with zero attached hydrogens (tertiary/aromatic N) is 1. The Kier molecular flexibility index (Phi) is 3.11. The Morgan fingerprint density at radius 1 is 1.21 bits per heavy atom. The van der Waals surface area contributed by atoms with Crippen LogP contribution in [0, 0.1) is 5.82 Å². The van der Waals surface area contributed by atoms with E-state index in [9.17, 15) is 9.18 Å². The molecule has 3 heteroatoms. The molecule has 1 heterocycles. The highest BCUT2D eigenvalue weighted by atomic mass is 19.1. The second kappa shape index (κ2) is 4.92. The maximum absolute atomic E-state index is 13.5. The van der Waals surface area contributed by atoms with Crippen LogP contribution in [-0.2, 0) is 19.3 Å². The van der Waals surface area contributed by atoms with E-state index in [2.05, 4.69) is 17.1 Å². The average Bonchev–Trinajstić information content (AvgIpc) is 2.86. The molecule has 2 aromatic rings. The molecule has 1 aliphatic carbocycles. The predicted molar refractivity (Wildman–Crippen MR) is 70.7 cm³/mol. The van der Waals surface area contributed by atoms with E-state index in [0.29, 0.717) is 0 Å². The van der Waals surface area contributed by atoms with Crippen LogP contribution in [0.3, 0.4) is 0 Å². The molecule has 19 heavy (non-hydrogen) atoms. The summed E-state index contributed by atoms with van der Waals surface area (Å²) in [7, 11) is 0. The number of hydrogen-bond donors (Lipinski definition) is 0. The summed E-state index contributed by atoms with van der Waals surface area (Å²) < 4.78 is 13.5. The molecule has 1 aromatic carbocycles. The molecule has 0 unspecified atom stereocenters. The molecule has 96 valence electrons. The SMILES string of the molecule is O=C(Cc1ccc2c(c1)CCC2)c1ncccc1F. The lowest BCUT2D eigenvalue weighted by Crippen LogP contribution is -2.08. The molecular formula is C16H14FNO. The highest BCUT2D eigenvalue weighted by molar-refractivity contribution is 5.95. The van der Waals surface area contributed by atoms with E-state index in [1.54, 1.807) is 0 Å². The van der Waals surface area contributed by atoms with Gasteiger partial charge in [0.1, 0.15) is 5.69 Å². The Morgan fingerprint density at radius 2 is 2.05 bits per heavy atom. The van der Waals surface area contributed by atoms with Crippen molar-refractivity contribution in [2.24, 2.45) is 0 Å². The Morgan fingerprint density at radius 3 is 2.89 bits per heavy atom. The Hall–Kier alpha value is -2.03. The first-order valence-electron chi connectivity index (χ1n) is 6.48. The zero-order valence-corrected chi connectivity index (χ0v) is 10.5. The van der Waals surface area contributed by atoms with Crippen molar-refractivity contribution >= 4 is 5.78 Å². The van der Waals surface area contributed by atoms with Crippen molar-refractivity contribution in [3.05, 3.63) is 64.7 Å². The predicted octanol–water partition coefficient (Wildman–Crippen LogP) is 3.13. The lowest BCUT2D eigenvalue weighted by atomic mass is 10.0. The third-order valence-electron chi connectivity index (χ3n) is 3.55. The topological polar surface area (TPSA) is 30.0 Å². The van der Waals surface area contributed by atoms with Crippen molar-refractivity contribution in [1.82, 2.24) is 4.98 Å². The Balaban J connectivity index is 1.82. The minimum absolute atomic E-state index is 0.0667. The van der Waals surface area contributed by atoms with E-state index in [1.807, 2.05) is 6.07 Å². The standard InChI is InChI=1S/C16H14FNO/c17-14-5-2-8-18-16(14)15(19)10-11-6-7-12-3-1-4-13(12)9-11/h2,5-9H,1,3-4,10H2. The summed E-state index contributed by atoms with van der Waals surface area (Å²) in [5, 5.41) is 0. The molecule has 0 spiro atoms. The second-order valence-corrected chi connectivity index (χ2v) is 4.89. The zero-order chi connectivity index (χ0) is 13.2. The van der Waals surface area contributed by atoms with Crippen molar-refractivity contribution in [2.75, 3.05) is 0 Å². The monoisotopic (exact) mass is 255 g/mol. The summed E-state index contributed by atoms with van der Waals surface area (Å²) in [4.78, 5) is 15.9. The molecule has 0 N–H and O–H groups in total. The summed E-state index contributed by atoms with van der Waals surface area (Å²) in [5.74, 6) is -0.815. The van der Waals surface area contributed by atoms with Crippen LogP contribution in [0.2, 0.25) is 0 Å². The van der Waals surface area contributed by atoms with Gasteiger partial charge < -0.3 is 0 Å². The van der Waals surface area contributed by atoms with Crippen molar-refractivity contribution in [3.63, 3.8) is 0 Å². The second-order valence-electron chi connectivity index (χ2n) is 4.89. The van der Waals surface area contributed by atoms with Gasteiger partial charge in [0.15, 0.2) is 11.6 Å².